The van der Waals surface area contributed by atoms with Gasteiger partial charge in [-0.15, -0.1) is 11.8 Å². The molecule has 0 bridgehead atoms. The number of nitrogens with one attached hydrogen (secondary N) is 1. The molecule has 0 atom stereocenters. The van der Waals surface area contributed by atoms with E-state index in [0.29, 0.717) is 11.8 Å². The highest BCUT2D eigenvalue weighted by Gasteiger charge is 2.13. The van der Waals surface area contributed by atoms with Crippen molar-refractivity contribution < 1.29 is 4.79 Å². The van der Waals surface area contributed by atoms with Crippen LogP contribution in [0.25, 0.3) is 0 Å². The van der Waals surface area contributed by atoms with Crippen LogP contribution in [0.4, 0.5) is 0 Å². The minimum absolute atomic E-state index is 0.0419. The quantitative estimate of drug-likeness (QED) is 0.642. The van der Waals surface area contributed by atoms with Crippen molar-refractivity contribution in [2.75, 3.05) is 6.54 Å². The lowest BCUT2D eigenvalue weighted by Crippen LogP contribution is -2.26. The van der Waals surface area contributed by atoms with Crippen LogP contribution in [0.2, 0.25) is 0 Å². The highest BCUT2D eigenvalue weighted by molar-refractivity contribution is 8.00. The molecule has 0 radical (unpaired) electrons. The standard InChI is InChI=1S/C17H23NOS/c1-13(2)20-16-11-7-6-10-15(16)17(19)18-12-14-8-4-3-5-9-14/h6-8,10-11,13H,3-5,9,12H2,1-2H3,(H,18,19). The van der Waals surface area contributed by atoms with Gasteiger partial charge in [-0.2, -0.15) is 0 Å². The Morgan fingerprint density at radius 3 is 2.80 bits per heavy atom. The maximum absolute atomic E-state index is 12.3. The van der Waals surface area contributed by atoms with Crippen molar-refractivity contribution in [3.05, 3.63) is 41.5 Å². The smallest absolute Gasteiger partial charge is 0.252 e. The number of benzene rings is 1. The van der Waals surface area contributed by atoms with Crippen LogP contribution < -0.4 is 5.32 Å². The van der Waals surface area contributed by atoms with Gasteiger partial charge >= 0.3 is 0 Å². The van der Waals surface area contributed by atoms with E-state index in [1.54, 1.807) is 11.8 Å². The molecule has 0 saturated carbocycles. The van der Waals surface area contributed by atoms with Gasteiger partial charge < -0.3 is 5.32 Å². The molecule has 1 N–H and O–H groups in total. The number of thioether (sulfide) groups is 1. The van der Waals surface area contributed by atoms with Crippen molar-refractivity contribution in [3.8, 4) is 0 Å². The molecule has 1 aromatic rings. The number of hydrogen-bond acceptors (Lipinski definition) is 2. The largest absolute Gasteiger partial charge is 0.348 e. The summed E-state index contributed by atoms with van der Waals surface area (Å²) in [4.78, 5) is 13.4. The highest BCUT2D eigenvalue weighted by atomic mass is 32.2. The predicted molar refractivity (Wildman–Crippen MR) is 86.3 cm³/mol. The van der Waals surface area contributed by atoms with Crippen LogP contribution in [-0.2, 0) is 0 Å². The summed E-state index contributed by atoms with van der Waals surface area (Å²) in [6.45, 7) is 4.98. The third-order valence-corrected chi connectivity index (χ3v) is 4.44. The summed E-state index contributed by atoms with van der Waals surface area (Å²) in [6, 6.07) is 7.86. The Morgan fingerprint density at radius 1 is 1.30 bits per heavy atom. The summed E-state index contributed by atoms with van der Waals surface area (Å²) in [6.07, 6.45) is 7.10. The predicted octanol–water partition coefficient (Wildman–Crippen LogP) is 4.42. The number of carbonyl (C=O) groups excluding carboxylic acids is 1. The number of hydrogen-bond donors (Lipinski definition) is 1. The second kappa shape index (κ2) is 7.53. The number of carbonyl (C=O) groups is 1. The molecule has 2 rings (SSSR count). The van der Waals surface area contributed by atoms with Crippen molar-refractivity contribution >= 4 is 17.7 Å². The van der Waals surface area contributed by atoms with Crippen LogP contribution in [0.15, 0.2) is 40.8 Å². The molecule has 108 valence electrons. The van der Waals surface area contributed by atoms with Gasteiger partial charge in [-0.3, -0.25) is 4.79 Å². The van der Waals surface area contributed by atoms with Crippen molar-refractivity contribution in [3.63, 3.8) is 0 Å². The van der Waals surface area contributed by atoms with Gasteiger partial charge in [-0.25, -0.2) is 0 Å². The van der Waals surface area contributed by atoms with Crippen LogP contribution in [-0.4, -0.2) is 17.7 Å². The van der Waals surface area contributed by atoms with Crippen LogP contribution in [0.3, 0.4) is 0 Å². The van der Waals surface area contributed by atoms with Gasteiger partial charge in [-0.1, -0.05) is 37.6 Å². The number of rotatable bonds is 5. The molecular formula is C17H23NOS. The molecule has 1 aromatic carbocycles. The van der Waals surface area contributed by atoms with Gasteiger partial charge in [0.2, 0.25) is 0 Å². The molecule has 1 amide bonds. The fraction of sp³-hybridized carbons (Fsp3) is 0.471. The minimum atomic E-state index is 0.0419. The van der Waals surface area contributed by atoms with E-state index < -0.39 is 0 Å². The first-order valence-electron chi connectivity index (χ1n) is 7.38. The highest BCUT2D eigenvalue weighted by Crippen LogP contribution is 2.26. The second-order valence-corrected chi connectivity index (χ2v) is 7.07. The van der Waals surface area contributed by atoms with Gasteiger partial charge in [0.25, 0.3) is 5.91 Å². The van der Waals surface area contributed by atoms with Gasteiger partial charge in [0.1, 0.15) is 0 Å². The molecule has 0 aliphatic heterocycles. The van der Waals surface area contributed by atoms with Crippen molar-refractivity contribution in [1.29, 1.82) is 0 Å². The van der Waals surface area contributed by atoms with Crippen LogP contribution in [0, 0.1) is 0 Å². The second-order valence-electron chi connectivity index (χ2n) is 5.45. The Kier molecular flexibility index (Phi) is 5.72. The first-order chi connectivity index (χ1) is 9.66. The van der Waals surface area contributed by atoms with Gasteiger partial charge in [-0.05, 0) is 37.8 Å². The van der Waals surface area contributed by atoms with Gasteiger partial charge in [0, 0.05) is 16.7 Å². The molecule has 0 unspecified atom stereocenters. The van der Waals surface area contributed by atoms with Crippen LogP contribution in [0.5, 0.6) is 0 Å². The van der Waals surface area contributed by atoms with Crippen LogP contribution >= 0.6 is 11.8 Å². The molecule has 3 heteroatoms. The first-order valence-corrected chi connectivity index (χ1v) is 8.26. The molecule has 0 fully saturated rings. The molecule has 1 aliphatic carbocycles. The van der Waals surface area contributed by atoms with Crippen molar-refractivity contribution in [2.24, 2.45) is 0 Å². The Hall–Kier alpha value is -1.22. The monoisotopic (exact) mass is 289 g/mol. The maximum atomic E-state index is 12.3. The molecule has 1 aliphatic rings. The first kappa shape index (κ1) is 15.2. The van der Waals surface area contributed by atoms with Crippen molar-refractivity contribution in [1.82, 2.24) is 5.32 Å². The van der Waals surface area contributed by atoms with E-state index in [1.165, 1.54) is 18.4 Å². The molecule has 20 heavy (non-hydrogen) atoms. The molecule has 0 spiro atoms. The molecule has 2 nitrogen and oxygen atoms in total. The Bertz CT molecular complexity index is 494. The fourth-order valence-corrected chi connectivity index (χ4v) is 3.32. The summed E-state index contributed by atoms with van der Waals surface area (Å²) in [7, 11) is 0. The Morgan fingerprint density at radius 2 is 2.10 bits per heavy atom. The SMILES string of the molecule is CC(C)Sc1ccccc1C(=O)NCC1=CCCCC1. The zero-order valence-electron chi connectivity index (χ0n) is 12.3. The van der Waals surface area contributed by atoms with E-state index >= 15 is 0 Å². The average Bonchev–Trinajstić information content (AvgIpc) is 2.46. The zero-order chi connectivity index (χ0) is 14.4. The summed E-state index contributed by atoms with van der Waals surface area (Å²) in [5, 5.41) is 3.54. The summed E-state index contributed by atoms with van der Waals surface area (Å²) < 4.78 is 0. The molecule has 0 heterocycles. The van der Waals surface area contributed by atoms with E-state index in [-0.39, 0.29) is 5.91 Å². The van der Waals surface area contributed by atoms with Gasteiger partial charge in [0.15, 0.2) is 0 Å². The average molecular weight is 289 g/mol. The molecule has 0 aromatic heterocycles. The van der Waals surface area contributed by atoms with Crippen molar-refractivity contribution in [2.45, 2.75) is 49.7 Å². The lowest BCUT2D eigenvalue weighted by atomic mass is 9.99. The topological polar surface area (TPSA) is 29.1 Å². The third-order valence-electron chi connectivity index (χ3n) is 3.36. The fourth-order valence-electron chi connectivity index (χ4n) is 2.37. The van der Waals surface area contributed by atoms with E-state index in [9.17, 15) is 4.79 Å². The summed E-state index contributed by atoms with van der Waals surface area (Å²) >= 11 is 1.74. The van der Waals surface area contributed by atoms with E-state index in [2.05, 4.69) is 25.2 Å². The summed E-state index contributed by atoms with van der Waals surface area (Å²) in [5.41, 5.74) is 2.17. The van der Waals surface area contributed by atoms with E-state index in [0.717, 1.165) is 23.3 Å². The molecule has 0 saturated heterocycles. The Labute approximate surface area is 126 Å². The Balaban J connectivity index is 1.99. The zero-order valence-corrected chi connectivity index (χ0v) is 13.1. The lowest BCUT2D eigenvalue weighted by Gasteiger charge is -2.15. The molecular weight excluding hydrogens is 266 g/mol. The van der Waals surface area contributed by atoms with Gasteiger partial charge in [0.05, 0.1) is 5.56 Å². The number of amides is 1. The normalized spacial score (nSPS) is 15.1. The van der Waals surface area contributed by atoms with Crippen LogP contribution in [0.1, 0.15) is 49.9 Å². The number of allylic oxidation sites excluding steroid dienone is 1. The third kappa shape index (κ3) is 4.41. The van der Waals surface area contributed by atoms with E-state index in [1.807, 2.05) is 24.3 Å². The lowest BCUT2D eigenvalue weighted by molar-refractivity contribution is 0.0953. The maximum Gasteiger partial charge on any atom is 0.252 e. The van der Waals surface area contributed by atoms with E-state index in [4.69, 9.17) is 0 Å². The minimum Gasteiger partial charge on any atom is -0.348 e. The summed E-state index contributed by atoms with van der Waals surface area (Å²) in [5.74, 6) is 0.0419.